The summed E-state index contributed by atoms with van der Waals surface area (Å²) in [4.78, 5) is 15.9. The number of nitrogens with one attached hydrogen (secondary N) is 1. The van der Waals surface area contributed by atoms with Crippen LogP contribution >= 0.6 is 11.6 Å². The third-order valence-electron chi connectivity index (χ3n) is 3.05. The number of halogens is 4. The molecule has 128 valence electrons. The Labute approximate surface area is 141 Å². The molecule has 0 aliphatic heterocycles. The molecule has 4 nitrogen and oxygen atoms in total. The normalized spacial score (nSPS) is 11.2. The van der Waals surface area contributed by atoms with Gasteiger partial charge in [0.05, 0.1) is 16.3 Å². The highest BCUT2D eigenvalue weighted by molar-refractivity contribution is 6.34. The van der Waals surface area contributed by atoms with E-state index in [1.54, 1.807) is 13.0 Å². The molecule has 24 heavy (non-hydrogen) atoms. The summed E-state index contributed by atoms with van der Waals surface area (Å²) in [5, 5.41) is 3.07. The second kappa shape index (κ2) is 7.09. The molecule has 0 saturated carbocycles. The van der Waals surface area contributed by atoms with E-state index in [-0.39, 0.29) is 11.4 Å². The number of carbonyl (C=O) groups is 1. The number of rotatable bonds is 4. The molecule has 1 aromatic heterocycles. The number of carbonyl (C=O) groups excluding carboxylic acids is 1. The first-order valence-corrected chi connectivity index (χ1v) is 7.27. The lowest BCUT2D eigenvalue weighted by atomic mass is 10.1. The number of hydrogen-bond donors (Lipinski definition) is 1. The van der Waals surface area contributed by atoms with Crippen molar-refractivity contribution in [2.45, 2.75) is 20.0 Å². The molecule has 0 aliphatic rings. The Kier molecular flexibility index (Phi) is 5.33. The first kappa shape index (κ1) is 18.1. The van der Waals surface area contributed by atoms with Gasteiger partial charge in [-0.1, -0.05) is 17.7 Å². The monoisotopic (exact) mass is 358 g/mol. The largest absolute Gasteiger partial charge is 0.468 e. The average molecular weight is 359 g/mol. The lowest BCUT2D eigenvalue weighted by Crippen LogP contribution is -2.20. The smallest absolute Gasteiger partial charge is 0.422 e. The zero-order chi connectivity index (χ0) is 17.9. The molecular weight excluding hydrogens is 345 g/mol. The fourth-order valence-electron chi connectivity index (χ4n) is 2.02. The SMILES string of the molecule is Cc1cc(C)c(NC(=O)c2ccc(OCC(F)(F)F)nc2)c(Cl)c1. The standard InChI is InChI=1S/C16H14ClF3N2O2/c1-9-5-10(2)14(12(17)6-9)22-15(23)11-3-4-13(21-7-11)24-8-16(18,19)20/h3-7H,8H2,1-2H3,(H,22,23). The lowest BCUT2D eigenvalue weighted by molar-refractivity contribution is -0.154. The molecule has 1 aromatic carbocycles. The number of ether oxygens (including phenoxy) is 1. The van der Waals surface area contributed by atoms with Gasteiger partial charge in [0.2, 0.25) is 5.88 Å². The van der Waals surface area contributed by atoms with Gasteiger partial charge in [0.15, 0.2) is 6.61 Å². The van der Waals surface area contributed by atoms with Gasteiger partial charge in [-0.3, -0.25) is 4.79 Å². The highest BCUT2D eigenvalue weighted by Gasteiger charge is 2.28. The summed E-state index contributed by atoms with van der Waals surface area (Å²) in [6.45, 7) is 2.25. The van der Waals surface area contributed by atoms with Crippen LogP contribution in [0.4, 0.5) is 18.9 Å². The van der Waals surface area contributed by atoms with Gasteiger partial charge < -0.3 is 10.1 Å². The number of anilines is 1. The third kappa shape index (κ3) is 4.86. The van der Waals surface area contributed by atoms with E-state index in [0.717, 1.165) is 17.3 Å². The fraction of sp³-hybridized carbons (Fsp3) is 0.250. The zero-order valence-corrected chi connectivity index (χ0v) is 13.6. The molecule has 1 amide bonds. The van der Waals surface area contributed by atoms with Crippen molar-refractivity contribution in [3.8, 4) is 5.88 Å². The van der Waals surface area contributed by atoms with E-state index in [9.17, 15) is 18.0 Å². The summed E-state index contributed by atoms with van der Waals surface area (Å²) < 4.78 is 40.7. The Hall–Kier alpha value is -2.28. The quantitative estimate of drug-likeness (QED) is 0.872. The van der Waals surface area contributed by atoms with Crippen LogP contribution in [0.1, 0.15) is 21.5 Å². The fourth-order valence-corrected chi connectivity index (χ4v) is 2.38. The highest BCUT2D eigenvalue weighted by Crippen LogP contribution is 2.27. The van der Waals surface area contributed by atoms with E-state index >= 15 is 0 Å². The van der Waals surface area contributed by atoms with Crippen molar-refractivity contribution in [2.75, 3.05) is 11.9 Å². The van der Waals surface area contributed by atoms with E-state index in [2.05, 4.69) is 15.0 Å². The molecule has 2 aromatic rings. The Morgan fingerprint density at radius 1 is 1.29 bits per heavy atom. The number of aryl methyl sites for hydroxylation is 2. The molecule has 1 heterocycles. The van der Waals surface area contributed by atoms with Crippen molar-refractivity contribution in [2.24, 2.45) is 0 Å². The summed E-state index contributed by atoms with van der Waals surface area (Å²) in [6.07, 6.45) is -3.31. The summed E-state index contributed by atoms with van der Waals surface area (Å²) in [5.74, 6) is -0.688. The van der Waals surface area contributed by atoms with Crippen molar-refractivity contribution in [3.05, 3.63) is 52.2 Å². The van der Waals surface area contributed by atoms with Crippen LogP contribution in [0, 0.1) is 13.8 Å². The van der Waals surface area contributed by atoms with Crippen LogP contribution in [-0.4, -0.2) is 23.7 Å². The van der Waals surface area contributed by atoms with Gasteiger partial charge in [0.25, 0.3) is 5.91 Å². The minimum Gasteiger partial charge on any atom is -0.468 e. The topological polar surface area (TPSA) is 51.2 Å². The zero-order valence-electron chi connectivity index (χ0n) is 12.9. The van der Waals surface area contributed by atoms with E-state index < -0.39 is 18.7 Å². The first-order valence-electron chi connectivity index (χ1n) is 6.89. The molecule has 2 rings (SSSR count). The first-order chi connectivity index (χ1) is 11.2. The van der Waals surface area contributed by atoms with Crippen molar-refractivity contribution in [1.29, 1.82) is 0 Å². The number of amides is 1. The van der Waals surface area contributed by atoms with Crippen LogP contribution in [0.3, 0.4) is 0 Å². The third-order valence-corrected chi connectivity index (χ3v) is 3.35. The molecule has 8 heteroatoms. The summed E-state index contributed by atoms with van der Waals surface area (Å²) in [6, 6.07) is 6.11. The van der Waals surface area contributed by atoms with E-state index in [4.69, 9.17) is 11.6 Å². The minimum absolute atomic E-state index is 0.172. The average Bonchev–Trinajstić information content (AvgIpc) is 2.48. The van der Waals surface area contributed by atoms with Gasteiger partial charge in [0, 0.05) is 12.3 Å². The number of alkyl halides is 3. The molecule has 0 saturated heterocycles. The van der Waals surface area contributed by atoms with E-state index in [1.807, 2.05) is 13.0 Å². The predicted octanol–water partition coefficient (Wildman–Crippen LogP) is 4.55. The maximum atomic E-state index is 12.2. The van der Waals surface area contributed by atoms with Gasteiger partial charge in [-0.2, -0.15) is 13.2 Å². The van der Waals surface area contributed by atoms with Gasteiger partial charge in [-0.15, -0.1) is 0 Å². The Balaban J connectivity index is 2.08. The summed E-state index contributed by atoms with van der Waals surface area (Å²) in [7, 11) is 0. The highest BCUT2D eigenvalue weighted by atomic mass is 35.5. The molecule has 0 unspecified atom stereocenters. The Bertz CT molecular complexity index is 723. The predicted molar refractivity (Wildman–Crippen MR) is 84.7 cm³/mol. The van der Waals surface area contributed by atoms with E-state index in [1.165, 1.54) is 12.1 Å². The van der Waals surface area contributed by atoms with Crippen LogP contribution in [0.15, 0.2) is 30.5 Å². The molecule has 0 aliphatic carbocycles. The van der Waals surface area contributed by atoms with Crippen LogP contribution in [0.2, 0.25) is 5.02 Å². The van der Waals surface area contributed by atoms with Crippen LogP contribution in [-0.2, 0) is 0 Å². The minimum atomic E-state index is -4.45. The summed E-state index contributed by atoms with van der Waals surface area (Å²) >= 11 is 6.12. The van der Waals surface area contributed by atoms with E-state index in [0.29, 0.717) is 10.7 Å². The van der Waals surface area contributed by atoms with Crippen LogP contribution in [0.5, 0.6) is 5.88 Å². The van der Waals surface area contributed by atoms with Crippen molar-refractivity contribution >= 4 is 23.2 Å². The summed E-state index contributed by atoms with van der Waals surface area (Å²) in [5.41, 5.74) is 2.41. The van der Waals surface area contributed by atoms with Crippen molar-refractivity contribution in [3.63, 3.8) is 0 Å². The number of benzene rings is 1. The van der Waals surface area contributed by atoms with Crippen molar-refractivity contribution in [1.82, 2.24) is 4.98 Å². The number of aromatic nitrogens is 1. The molecule has 0 spiro atoms. The number of nitrogens with zero attached hydrogens (tertiary/aromatic N) is 1. The van der Waals surface area contributed by atoms with Crippen molar-refractivity contribution < 1.29 is 22.7 Å². The lowest BCUT2D eigenvalue weighted by Gasteiger charge is -2.12. The maximum Gasteiger partial charge on any atom is 0.422 e. The van der Waals surface area contributed by atoms with Gasteiger partial charge in [-0.25, -0.2) is 4.98 Å². The maximum absolute atomic E-state index is 12.2. The second-order valence-corrected chi connectivity index (χ2v) is 5.59. The second-order valence-electron chi connectivity index (χ2n) is 5.18. The molecule has 0 radical (unpaired) electrons. The van der Waals surface area contributed by atoms with Crippen LogP contribution < -0.4 is 10.1 Å². The Morgan fingerprint density at radius 2 is 2.00 bits per heavy atom. The molecule has 0 fully saturated rings. The molecule has 0 atom stereocenters. The molecular formula is C16H14ClF3N2O2. The Morgan fingerprint density at radius 3 is 2.54 bits per heavy atom. The number of hydrogen-bond acceptors (Lipinski definition) is 3. The van der Waals surface area contributed by atoms with Gasteiger partial charge in [-0.05, 0) is 37.1 Å². The van der Waals surface area contributed by atoms with Gasteiger partial charge >= 0.3 is 6.18 Å². The van der Waals surface area contributed by atoms with Crippen LogP contribution in [0.25, 0.3) is 0 Å². The number of pyridine rings is 1. The molecule has 0 bridgehead atoms. The van der Waals surface area contributed by atoms with Gasteiger partial charge in [0.1, 0.15) is 0 Å². The molecule has 1 N–H and O–H groups in total.